The molecule has 0 unspecified atom stereocenters. The van der Waals surface area contributed by atoms with E-state index in [0.29, 0.717) is 21.8 Å². The summed E-state index contributed by atoms with van der Waals surface area (Å²) in [5.41, 5.74) is 1.60. The Morgan fingerprint density at radius 1 is 1.06 bits per heavy atom. The van der Waals surface area contributed by atoms with E-state index in [-0.39, 0.29) is 17.9 Å². The monoisotopic (exact) mass is 465 g/mol. The zero-order valence-electron chi connectivity index (χ0n) is 18.9. The number of benzene rings is 2. The summed E-state index contributed by atoms with van der Waals surface area (Å²) in [5.74, 6) is -1.09. The first-order chi connectivity index (χ1) is 15.9. The number of thiazole rings is 1. The van der Waals surface area contributed by atoms with E-state index in [2.05, 4.69) is 10.3 Å². The molecule has 7 heteroatoms. The Labute approximate surface area is 197 Å². The first-order valence-electron chi connectivity index (χ1n) is 11.3. The Morgan fingerprint density at radius 2 is 1.79 bits per heavy atom. The van der Waals surface area contributed by atoms with Gasteiger partial charge in [-0.25, -0.2) is 9.37 Å². The molecule has 1 aliphatic rings. The number of hydrogen-bond acceptors (Lipinski definition) is 4. The van der Waals surface area contributed by atoms with Crippen LogP contribution in [0.15, 0.2) is 54.6 Å². The van der Waals surface area contributed by atoms with Gasteiger partial charge in [-0.3, -0.25) is 14.5 Å². The summed E-state index contributed by atoms with van der Waals surface area (Å²) in [4.78, 5) is 33.9. The van der Waals surface area contributed by atoms with Crippen molar-refractivity contribution in [3.05, 3.63) is 81.6 Å². The van der Waals surface area contributed by atoms with Crippen molar-refractivity contribution >= 4 is 28.8 Å². The van der Waals surface area contributed by atoms with Crippen molar-refractivity contribution in [1.82, 2.24) is 10.3 Å². The van der Waals surface area contributed by atoms with Gasteiger partial charge in [0, 0.05) is 11.7 Å². The van der Waals surface area contributed by atoms with Crippen molar-refractivity contribution in [2.24, 2.45) is 0 Å². The molecule has 33 heavy (non-hydrogen) atoms. The van der Waals surface area contributed by atoms with Gasteiger partial charge in [0.2, 0.25) is 5.91 Å². The molecule has 172 valence electrons. The third-order valence-electron chi connectivity index (χ3n) is 5.98. The lowest BCUT2D eigenvalue weighted by Crippen LogP contribution is -2.47. The molecular formula is C26H28FN3O2S. The van der Waals surface area contributed by atoms with E-state index in [0.717, 1.165) is 30.7 Å². The molecule has 0 saturated heterocycles. The molecule has 3 aromatic rings. The summed E-state index contributed by atoms with van der Waals surface area (Å²) in [6, 6.07) is 14.2. The highest BCUT2D eigenvalue weighted by Crippen LogP contribution is 2.33. The van der Waals surface area contributed by atoms with E-state index in [9.17, 15) is 14.0 Å². The predicted octanol–water partition coefficient (Wildman–Crippen LogP) is 5.74. The number of aromatic nitrogens is 1. The maximum Gasteiger partial charge on any atom is 0.271 e. The van der Waals surface area contributed by atoms with Gasteiger partial charge in [-0.1, -0.05) is 55.7 Å². The summed E-state index contributed by atoms with van der Waals surface area (Å²) in [7, 11) is 0. The molecule has 4 rings (SSSR count). The molecule has 0 aliphatic heterocycles. The lowest BCUT2D eigenvalue weighted by atomic mass is 9.94. The van der Waals surface area contributed by atoms with Gasteiger partial charge in [-0.2, -0.15) is 0 Å². The quantitative estimate of drug-likeness (QED) is 0.505. The number of amides is 2. The van der Waals surface area contributed by atoms with Gasteiger partial charge >= 0.3 is 0 Å². The third kappa shape index (κ3) is 5.30. The van der Waals surface area contributed by atoms with Crippen LogP contribution in [0.1, 0.15) is 64.1 Å². The molecule has 1 atom stereocenters. The Hall–Kier alpha value is -3.06. The second kappa shape index (κ2) is 10.3. The second-order valence-electron chi connectivity index (χ2n) is 8.46. The SMILES string of the molecule is Cc1nc(C)c(C(=O)N(c2cccc(F)c2)[C@H](C(=O)NC2CCCCC2)c2ccccc2)s1. The normalized spacial score (nSPS) is 15.1. The maximum absolute atomic E-state index is 14.3. The molecule has 1 heterocycles. The smallest absolute Gasteiger partial charge is 0.271 e. The van der Waals surface area contributed by atoms with E-state index in [1.807, 2.05) is 37.3 Å². The summed E-state index contributed by atoms with van der Waals surface area (Å²) in [6.45, 7) is 3.62. The number of hydrogen-bond donors (Lipinski definition) is 1. The van der Waals surface area contributed by atoms with Crippen LogP contribution in [0.3, 0.4) is 0 Å². The van der Waals surface area contributed by atoms with Gasteiger partial charge in [0.05, 0.1) is 10.7 Å². The van der Waals surface area contributed by atoms with Crippen LogP contribution in [0.5, 0.6) is 0 Å². The minimum Gasteiger partial charge on any atom is -0.351 e. The molecule has 0 bridgehead atoms. The van der Waals surface area contributed by atoms with Gasteiger partial charge in [0.15, 0.2) is 0 Å². The summed E-state index contributed by atoms with van der Waals surface area (Å²) < 4.78 is 14.3. The fraction of sp³-hybridized carbons (Fsp3) is 0.346. The van der Waals surface area contributed by atoms with Crippen molar-refractivity contribution in [3.63, 3.8) is 0 Å². The highest BCUT2D eigenvalue weighted by Gasteiger charge is 2.36. The predicted molar refractivity (Wildman–Crippen MR) is 129 cm³/mol. The Morgan fingerprint density at radius 3 is 2.42 bits per heavy atom. The zero-order chi connectivity index (χ0) is 23.4. The van der Waals surface area contributed by atoms with Crippen LogP contribution in [0, 0.1) is 19.7 Å². The average molecular weight is 466 g/mol. The minimum atomic E-state index is -0.941. The molecule has 1 aromatic heterocycles. The number of nitrogens with one attached hydrogen (secondary N) is 1. The average Bonchev–Trinajstić information content (AvgIpc) is 3.16. The number of anilines is 1. The lowest BCUT2D eigenvalue weighted by Gasteiger charge is -2.33. The van der Waals surface area contributed by atoms with E-state index in [1.165, 1.54) is 34.8 Å². The van der Waals surface area contributed by atoms with E-state index >= 15 is 0 Å². The molecule has 1 aliphatic carbocycles. The molecule has 2 aromatic carbocycles. The number of aryl methyl sites for hydroxylation is 2. The van der Waals surface area contributed by atoms with Crippen molar-refractivity contribution in [3.8, 4) is 0 Å². The molecule has 2 amide bonds. The number of carbonyl (C=O) groups excluding carboxylic acids is 2. The number of carbonyl (C=O) groups is 2. The Kier molecular flexibility index (Phi) is 7.18. The topological polar surface area (TPSA) is 62.3 Å². The van der Waals surface area contributed by atoms with Crippen molar-refractivity contribution in [2.45, 2.75) is 58.0 Å². The maximum atomic E-state index is 14.3. The second-order valence-corrected chi connectivity index (χ2v) is 9.66. The molecule has 0 spiro atoms. The van der Waals surface area contributed by atoms with E-state index in [1.54, 1.807) is 19.1 Å². The summed E-state index contributed by atoms with van der Waals surface area (Å²) in [6.07, 6.45) is 5.18. The van der Waals surface area contributed by atoms with Crippen LogP contribution in [-0.2, 0) is 4.79 Å². The van der Waals surface area contributed by atoms with E-state index in [4.69, 9.17) is 0 Å². The Bertz CT molecular complexity index is 1130. The standard InChI is InChI=1S/C26H28FN3O2S/c1-17-24(33-18(2)28-17)26(32)30(22-15-9-12-20(27)16-22)23(19-10-5-3-6-11-19)25(31)29-21-13-7-4-8-14-21/h3,5-6,9-12,15-16,21,23H,4,7-8,13-14H2,1-2H3,(H,29,31)/t23-/m0/s1. The van der Waals surface area contributed by atoms with Crippen LogP contribution >= 0.6 is 11.3 Å². The first-order valence-corrected chi connectivity index (χ1v) is 12.1. The van der Waals surface area contributed by atoms with Crippen molar-refractivity contribution in [2.75, 3.05) is 4.90 Å². The largest absolute Gasteiger partial charge is 0.351 e. The van der Waals surface area contributed by atoms with E-state index < -0.39 is 11.9 Å². The molecule has 5 nitrogen and oxygen atoms in total. The van der Waals surface area contributed by atoms with Gasteiger partial charge in [-0.15, -0.1) is 11.3 Å². The van der Waals surface area contributed by atoms with Crippen molar-refractivity contribution in [1.29, 1.82) is 0 Å². The molecular weight excluding hydrogens is 437 g/mol. The molecule has 1 fully saturated rings. The van der Waals surface area contributed by atoms with Crippen LogP contribution in [0.25, 0.3) is 0 Å². The lowest BCUT2D eigenvalue weighted by molar-refractivity contribution is -0.123. The van der Waals surface area contributed by atoms with Crippen LogP contribution < -0.4 is 10.2 Å². The molecule has 1 saturated carbocycles. The summed E-state index contributed by atoms with van der Waals surface area (Å²) in [5, 5.41) is 3.93. The highest BCUT2D eigenvalue weighted by molar-refractivity contribution is 7.13. The fourth-order valence-corrected chi connectivity index (χ4v) is 5.29. The van der Waals surface area contributed by atoms with Crippen LogP contribution in [0.2, 0.25) is 0 Å². The summed E-state index contributed by atoms with van der Waals surface area (Å²) >= 11 is 1.28. The molecule has 0 radical (unpaired) electrons. The molecule has 1 N–H and O–H groups in total. The van der Waals surface area contributed by atoms with Gasteiger partial charge in [0.1, 0.15) is 16.7 Å². The highest BCUT2D eigenvalue weighted by atomic mass is 32.1. The van der Waals surface area contributed by atoms with Crippen molar-refractivity contribution < 1.29 is 14.0 Å². The zero-order valence-corrected chi connectivity index (χ0v) is 19.7. The number of nitrogens with zero attached hydrogens (tertiary/aromatic N) is 2. The number of halogens is 1. The third-order valence-corrected chi connectivity index (χ3v) is 7.04. The first kappa shape index (κ1) is 23.1. The fourth-order valence-electron chi connectivity index (χ4n) is 4.43. The van der Waals surface area contributed by atoms with Gasteiger partial charge in [0.25, 0.3) is 5.91 Å². The minimum absolute atomic E-state index is 0.0781. The van der Waals surface area contributed by atoms with Gasteiger partial charge < -0.3 is 5.32 Å². The van der Waals surface area contributed by atoms with Crippen LogP contribution in [0.4, 0.5) is 10.1 Å². The van der Waals surface area contributed by atoms with Gasteiger partial charge in [-0.05, 0) is 50.5 Å². The van der Waals surface area contributed by atoms with Crippen LogP contribution in [-0.4, -0.2) is 22.8 Å². The number of rotatable bonds is 6. The Balaban J connectivity index is 1.81.